The maximum absolute atomic E-state index is 12.0. The zero-order chi connectivity index (χ0) is 13.9. The first-order chi connectivity index (χ1) is 9.74. The van der Waals surface area contributed by atoms with Crippen LogP contribution in [0.2, 0.25) is 0 Å². The summed E-state index contributed by atoms with van der Waals surface area (Å²) < 4.78 is 5.44. The van der Waals surface area contributed by atoms with Gasteiger partial charge in [-0.2, -0.15) is 0 Å². The molecule has 1 N–H and O–H groups in total. The third-order valence-electron chi connectivity index (χ3n) is 4.09. The van der Waals surface area contributed by atoms with Crippen molar-refractivity contribution in [2.75, 3.05) is 19.8 Å². The van der Waals surface area contributed by atoms with E-state index in [-0.39, 0.29) is 5.91 Å². The van der Waals surface area contributed by atoms with E-state index in [4.69, 9.17) is 4.74 Å². The van der Waals surface area contributed by atoms with E-state index >= 15 is 0 Å². The van der Waals surface area contributed by atoms with Gasteiger partial charge in [-0.25, -0.2) is 0 Å². The molecule has 0 spiro atoms. The number of hydrogen-bond donors (Lipinski definition) is 1. The highest BCUT2D eigenvalue weighted by molar-refractivity contribution is 5.93. The molecule has 2 aliphatic rings. The summed E-state index contributed by atoms with van der Waals surface area (Å²) in [5.41, 5.74) is 1.74. The molecule has 4 nitrogen and oxygen atoms in total. The van der Waals surface area contributed by atoms with Crippen LogP contribution in [0.1, 0.15) is 12.0 Å². The minimum absolute atomic E-state index is 0.0558. The topological polar surface area (TPSA) is 41.6 Å². The van der Waals surface area contributed by atoms with Crippen LogP contribution in [0, 0.1) is 0 Å². The lowest BCUT2D eigenvalue weighted by Crippen LogP contribution is -2.64. The summed E-state index contributed by atoms with van der Waals surface area (Å²) in [4.78, 5) is 14.4. The average molecular weight is 272 g/mol. The molecule has 2 aliphatic heterocycles. The molecule has 2 heterocycles. The molecule has 2 atom stereocenters. The molecule has 2 saturated heterocycles. The van der Waals surface area contributed by atoms with Crippen LogP contribution in [0.5, 0.6) is 0 Å². The van der Waals surface area contributed by atoms with E-state index < -0.39 is 0 Å². The maximum atomic E-state index is 12.0. The number of rotatable bonds is 5. The van der Waals surface area contributed by atoms with Gasteiger partial charge in [0.15, 0.2) is 0 Å². The average Bonchev–Trinajstić information content (AvgIpc) is 2.51. The second-order valence-electron chi connectivity index (χ2n) is 5.52. The van der Waals surface area contributed by atoms with Crippen LogP contribution in [0.15, 0.2) is 42.5 Å². The molecule has 1 amide bonds. The Morgan fingerprint density at radius 2 is 2.00 bits per heavy atom. The first kappa shape index (κ1) is 13.3. The van der Waals surface area contributed by atoms with Crippen LogP contribution in [-0.4, -0.2) is 42.6 Å². The van der Waals surface area contributed by atoms with E-state index in [0.717, 1.165) is 18.8 Å². The van der Waals surface area contributed by atoms with Gasteiger partial charge in [-0.15, -0.1) is 0 Å². The molecule has 2 fully saturated rings. The maximum Gasteiger partial charge on any atom is 0.248 e. The minimum Gasteiger partial charge on any atom is -0.378 e. The SMILES string of the molecule is C=C(CN1C2COCC1C2)C(=O)NCc1ccccc1. The number of morpholine rings is 1. The van der Waals surface area contributed by atoms with Crippen molar-refractivity contribution in [2.45, 2.75) is 25.0 Å². The van der Waals surface area contributed by atoms with Crippen LogP contribution >= 0.6 is 0 Å². The number of carbonyl (C=O) groups excluding carboxylic acids is 1. The van der Waals surface area contributed by atoms with Gasteiger partial charge in [0.05, 0.1) is 13.2 Å². The first-order valence-electron chi connectivity index (χ1n) is 7.07. The van der Waals surface area contributed by atoms with Crippen molar-refractivity contribution < 1.29 is 9.53 Å². The molecule has 4 heteroatoms. The molecule has 1 aromatic rings. The number of ether oxygens (including phenoxy) is 1. The van der Waals surface area contributed by atoms with E-state index in [9.17, 15) is 4.79 Å². The van der Waals surface area contributed by atoms with Gasteiger partial charge in [-0.05, 0) is 12.0 Å². The predicted molar refractivity (Wildman–Crippen MR) is 77.1 cm³/mol. The van der Waals surface area contributed by atoms with Gasteiger partial charge >= 0.3 is 0 Å². The fraction of sp³-hybridized carbons (Fsp3) is 0.438. The third-order valence-corrected chi connectivity index (χ3v) is 4.09. The van der Waals surface area contributed by atoms with Crippen LogP contribution in [0.3, 0.4) is 0 Å². The molecule has 0 aromatic heterocycles. The van der Waals surface area contributed by atoms with Gasteiger partial charge in [0.25, 0.3) is 0 Å². The van der Waals surface area contributed by atoms with Gasteiger partial charge < -0.3 is 10.1 Å². The Hall–Kier alpha value is -1.65. The second kappa shape index (κ2) is 5.77. The van der Waals surface area contributed by atoms with Gasteiger partial charge in [0.1, 0.15) is 0 Å². The summed E-state index contributed by atoms with van der Waals surface area (Å²) in [7, 11) is 0. The smallest absolute Gasteiger partial charge is 0.248 e. The second-order valence-corrected chi connectivity index (χ2v) is 5.52. The van der Waals surface area contributed by atoms with Crippen molar-refractivity contribution in [3.8, 4) is 0 Å². The Morgan fingerprint density at radius 1 is 1.30 bits per heavy atom. The van der Waals surface area contributed by atoms with Crippen molar-refractivity contribution in [1.29, 1.82) is 0 Å². The predicted octanol–water partition coefficient (Wildman–Crippen LogP) is 1.33. The zero-order valence-corrected chi connectivity index (χ0v) is 11.5. The Morgan fingerprint density at radius 3 is 2.65 bits per heavy atom. The number of nitrogens with zero attached hydrogens (tertiary/aromatic N) is 1. The largest absolute Gasteiger partial charge is 0.378 e. The highest BCUT2D eigenvalue weighted by Gasteiger charge is 2.42. The zero-order valence-electron chi connectivity index (χ0n) is 11.5. The fourth-order valence-electron chi connectivity index (χ4n) is 2.87. The van der Waals surface area contributed by atoms with Gasteiger partial charge in [0.2, 0.25) is 5.91 Å². The quantitative estimate of drug-likeness (QED) is 0.822. The highest BCUT2D eigenvalue weighted by atomic mass is 16.5. The molecule has 0 aliphatic carbocycles. The summed E-state index contributed by atoms with van der Waals surface area (Å²) in [6, 6.07) is 10.9. The minimum atomic E-state index is -0.0558. The summed E-state index contributed by atoms with van der Waals surface area (Å²) in [6.45, 7) is 6.70. The van der Waals surface area contributed by atoms with Crippen molar-refractivity contribution in [3.05, 3.63) is 48.0 Å². The Balaban J connectivity index is 1.46. The molecule has 2 bridgehead atoms. The molecular weight excluding hydrogens is 252 g/mol. The molecule has 1 aromatic carbocycles. The van der Waals surface area contributed by atoms with Crippen LogP contribution in [0.25, 0.3) is 0 Å². The van der Waals surface area contributed by atoms with Gasteiger partial charge in [0, 0.05) is 30.7 Å². The number of amides is 1. The van der Waals surface area contributed by atoms with E-state index in [1.54, 1.807) is 0 Å². The summed E-state index contributed by atoms with van der Waals surface area (Å²) in [5, 5.41) is 2.92. The number of fused-ring (bicyclic) bond motifs is 2. The van der Waals surface area contributed by atoms with Crippen LogP contribution in [-0.2, 0) is 16.1 Å². The summed E-state index contributed by atoms with van der Waals surface area (Å²) in [6.07, 6.45) is 1.19. The molecule has 0 saturated carbocycles. The monoisotopic (exact) mass is 272 g/mol. The highest BCUT2D eigenvalue weighted by Crippen LogP contribution is 2.31. The molecular formula is C16H20N2O2. The van der Waals surface area contributed by atoms with Crippen molar-refractivity contribution in [3.63, 3.8) is 0 Å². The van der Waals surface area contributed by atoms with E-state index in [2.05, 4.69) is 16.8 Å². The summed E-state index contributed by atoms with van der Waals surface area (Å²) in [5.74, 6) is -0.0558. The normalized spacial score (nSPS) is 24.8. The van der Waals surface area contributed by atoms with Gasteiger partial charge in [-0.1, -0.05) is 36.9 Å². The van der Waals surface area contributed by atoms with Crippen molar-refractivity contribution >= 4 is 5.91 Å². The Kier molecular flexibility index (Phi) is 3.85. The number of carbonyl (C=O) groups is 1. The number of nitrogens with one attached hydrogen (secondary N) is 1. The third kappa shape index (κ3) is 2.76. The first-order valence-corrected chi connectivity index (χ1v) is 7.07. The molecule has 106 valence electrons. The number of benzene rings is 1. The Labute approximate surface area is 119 Å². The summed E-state index contributed by atoms with van der Waals surface area (Å²) >= 11 is 0. The molecule has 2 unspecified atom stereocenters. The number of hydrogen-bond acceptors (Lipinski definition) is 3. The van der Waals surface area contributed by atoms with Crippen LogP contribution in [0.4, 0.5) is 0 Å². The lowest BCUT2D eigenvalue weighted by molar-refractivity contribution is -0.128. The molecule has 3 rings (SSSR count). The van der Waals surface area contributed by atoms with Crippen molar-refractivity contribution in [1.82, 2.24) is 10.2 Å². The van der Waals surface area contributed by atoms with E-state index in [0.29, 0.717) is 30.7 Å². The Bertz CT molecular complexity index is 486. The standard InChI is InChI=1S/C16H20N2O2/c1-12(9-18-14-7-15(18)11-20-10-14)16(19)17-8-13-5-3-2-4-6-13/h2-6,14-15H,1,7-11H2,(H,17,19). The van der Waals surface area contributed by atoms with E-state index in [1.807, 2.05) is 30.3 Å². The molecule has 0 radical (unpaired) electrons. The van der Waals surface area contributed by atoms with Crippen molar-refractivity contribution in [2.24, 2.45) is 0 Å². The molecule has 20 heavy (non-hydrogen) atoms. The fourth-order valence-corrected chi connectivity index (χ4v) is 2.87. The van der Waals surface area contributed by atoms with E-state index in [1.165, 1.54) is 6.42 Å². The lowest BCUT2D eigenvalue weighted by atomic mass is 9.90. The van der Waals surface area contributed by atoms with Crippen LogP contribution < -0.4 is 5.32 Å². The van der Waals surface area contributed by atoms with Gasteiger partial charge in [-0.3, -0.25) is 9.69 Å². The lowest BCUT2D eigenvalue weighted by Gasteiger charge is -2.52.